The molecule has 1 heterocycles. The number of hydrogen-bond donors (Lipinski definition) is 3. The van der Waals surface area contributed by atoms with Crippen molar-refractivity contribution in [2.24, 2.45) is 4.99 Å². The number of benzene rings is 1. The van der Waals surface area contributed by atoms with E-state index in [1.165, 1.54) is 4.90 Å². The van der Waals surface area contributed by atoms with E-state index < -0.39 is 18.8 Å². The number of hydrogen-bond acceptors (Lipinski definition) is 3. The minimum Gasteiger partial charge on any atom is -0.386 e. The van der Waals surface area contributed by atoms with Crippen LogP contribution in [0.4, 0.5) is 13.2 Å². The molecule has 3 N–H and O–H groups in total. The van der Waals surface area contributed by atoms with Crippen molar-refractivity contribution in [3.8, 4) is 0 Å². The summed E-state index contributed by atoms with van der Waals surface area (Å²) in [5.41, 5.74) is 0.700. The lowest BCUT2D eigenvalue weighted by Crippen LogP contribution is -2.45. The highest BCUT2D eigenvalue weighted by atomic mass is 127. The van der Waals surface area contributed by atoms with Crippen molar-refractivity contribution in [3.63, 3.8) is 0 Å². The third-order valence-electron chi connectivity index (χ3n) is 4.04. The molecule has 2 unspecified atom stereocenters. The van der Waals surface area contributed by atoms with Crippen molar-refractivity contribution in [3.05, 3.63) is 34.9 Å². The van der Waals surface area contributed by atoms with Gasteiger partial charge < -0.3 is 15.7 Å². The second-order valence-electron chi connectivity index (χ2n) is 6.27. The van der Waals surface area contributed by atoms with Crippen molar-refractivity contribution in [1.29, 1.82) is 0 Å². The van der Waals surface area contributed by atoms with Gasteiger partial charge in [-0.3, -0.25) is 9.89 Å². The van der Waals surface area contributed by atoms with Gasteiger partial charge in [0.05, 0.1) is 19.2 Å². The summed E-state index contributed by atoms with van der Waals surface area (Å²) < 4.78 is 37.4. The molecular formula is C17H25ClF3IN4O. The lowest BCUT2D eigenvalue weighted by atomic mass is 10.1. The molecule has 2 rings (SSSR count). The molecule has 0 aliphatic carbocycles. The van der Waals surface area contributed by atoms with Gasteiger partial charge in [-0.2, -0.15) is 13.2 Å². The Hall–Kier alpha value is -0.780. The fourth-order valence-electron chi connectivity index (χ4n) is 2.83. The van der Waals surface area contributed by atoms with Crippen LogP contribution in [0, 0.1) is 0 Å². The standard InChI is InChI=1S/C17H24ClF3N4O.HI/c1-2-22-16(23-9-15(26)12-3-5-13(18)6-4-12)24-14-7-8-25(10-14)11-17(19,20)21;/h3-6,14-15,26H,2,7-11H2,1H3,(H2,22,23,24);1H. The van der Waals surface area contributed by atoms with Gasteiger partial charge in [-0.1, -0.05) is 23.7 Å². The molecule has 10 heteroatoms. The van der Waals surface area contributed by atoms with E-state index in [0.29, 0.717) is 42.6 Å². The van der Waals surface area contributed by atoms with Gasteiger partial charge in [0, 0.05) is 30.7 Å². The highest BCUT2D eigenvalue weighted by molar-refractivity contribution is 14.0. The van der Waals surface area contributed by atoms with Crippen molar-refractivity contribution < 1.29 is 18.3 Å². The molecule has 27 heavy (non-hydrogen) atoms. The average molecular weight is 521 g/mol. The Kier molecular flexibility index (Phi) is 10.1. The van der Waals surface area contributed by atoms with Crippen molar-refractivity contribution >= 4 is 41.5 Å². The third kappa shape index (κ3) is 8.84. The SMILES string of the molecule is CCNC(=NCC(O)c1ccc(Cl)cc1)NC1CCN(CC(F)(F)F)C1.I. The zero-order valence-corrected chi connectivity index (χ0v) is 18.1. The number of nitrogens with one attached hydrogen (secondary N) is 2. The number of aliphatic hydroxyl groups excluding tert-OH is 1. The maximum atomic E-state index is 12.5. The largest absolute Gasteiger partial charge is 0.401 e. The van der Waals surface area contributed by atoms with Crippen LogP contribution in [0.2, 0.25) is 5.02 Å². The van der Waals surface area contributed by atoms with Crippen LogP contribution in [-0.4, -0.2) is 60.9 Å². The van der Waals surface area contributed by atoms with E-state index in [-0.39, 0.29) is 36.6 Å². The highest BCUT2D eigenvalue weighted by Crippen LogP contribution is 2.20. The number of aliphatic hydroxyl groups is 1. The monoisotopic (exact) mass is 520 g/mol. The first kappa shape index (κ1) is 24.3. The molecule has 0 radical (unpaired) electrons. The normalized spacial score (nSPS) is 19.5. The molecule has 0 aromatic heterocycles. The Balaban J connectivity index is 0.00000364. The van der Waals surface area contributed by atoms with E-state index in [0.717, 1.165) is 0 Å². The Morgan fingerprint density at radius 2 is 2.04 bits per heavy atom. The van der Waals surface area contributed by atoms with Crippen LogP contribution in [0.25, 0.3) is 0 Å². The summed E-state index contributed by atoms with van der Waals surface area (Å²) in [6.07, 6.45) is -4.36. The van der Waals surface area contributed by atoms with Crippen LogP contribution in [-0.2, 0) is 0 Å². The third-order valence-corrected chi connectivity index (χ3v) is 4.29. The molecule has 2 atom stereocenters. The zero-order chi connectivity index (χ0) is 19.2. The molecule has 0 saturated carbocycles. The molecule has 1 aliphatic heterocycles. The van der Waals surface area contributed by atoms with Crippen molar-refractivity contribution in [2.75, 3.05) is 32.7 Å². The Labute approximate surface area is 179 Å². The minimum absolute atomic E-state index is 0. The van der Waals surface area contributed by atoms with Crippen molar-refractivity contribution in [2.45, 2.75) is 31.7 Å². The molecule has 1 aliphatic rings. The summed E-state index contributed by atoms with van der Waals surface area (Å²) in [5, 5.41) is 17.0. The van der Waals surface area contributed by atoms with Gasteiger partial charge in [0.15, 0.2) is 5.96 Å². The molecule has 154 valence electrons. The Bertz CT molecular complexity index is 601. The Morgan fingerprint density at radius 3 is 2.63 bits per heavy atom. The molecule has 1 aromatic carbocycles. The summed E-state index contributed by atoms with van der Waals surface area (Å²) in [6.45, 7) is 2.46. The van der Waals surface area contributed by atoms with E-state index in [9.17, 15) is 18.3 Å². The van der Waals surface area contributed by atoms with Gasteiger partial charge in [-0.05, 0) is 31.0 Å². The van der Waals surface area contributed by atoms with E-state index >= 15 is 0 Å². The molecule has 1 aromatic rings. The first-order chi connectivity index (χ1) is 12.3. The van der Waals surface area contributed by atoms with E-state index in [4.69, 9.17) is 11.6 Å². The molecular weight excluding hydrogens is 496 g/mol. The quantitative estimate of drug-likeness (QED) is 0.306. The number of alkyl halides is 3. The fraction of sp³-hybridized carbons (Fsp3) is 0.588. The topological polar surface area (TPSA) is 59.9 Å². The fourth-order valence-corrected chi connectivity index (χ4v) is 2.96. The van der Waals surface area contributed by atoms with E-state index in [1.54, 1.807) is 24.3 Å². The summed E-state index contributed by atoms with van der Waals surface area (Å²) in [6, 6.07) is 6.74. The minimum atomic E-state index is -4.18. The molecule has 0 amide bonds. The second-order valence-corrected chi connectivity index (χ2v) is 6.70. The van der Waals surface area contributed by atoms with Crippen LogP contribution in [0.15, 0.2) is 29.3 Å². The summed E-state index contributed by atoms with van der Waals surface area (Å²) in [4.78, 5) is 5.72. The zero-order valence-electron chi connectivity index (χ0n) is 15.0. The lowest BCUT2D eigenvalue weighted by Gasteiger charge is -2.20. The summed E-state index contributed by atoms with van der Waals surface area (Å²) in [5.74, 6) is 0.486. The maximum absolute atomic E-state index is 12.5. The summed E-state index contributed by atoms with van der Waals surface area (Å²) >= 11 is 5.83. The van der Waals surface area contributed by atoms with Gasteiger partial charge in [0.25, 0.3) is 0 Å². The van der Waals surface area contributed by atoms with Crippen LogP contribution >= 0.6 is 35.6 Å². The molecule has 1 saturated heterocycles. The highest BCUT2D eigenvalue weighted by Gasteiger charge is 2.34. The van der Waals surface area contributed by atoms with Crippen LogP contribution in [0.1, 0.15) is 25.0 Å². The number of aliphatic imine (C=N–C) groups is 1. The number of likely N-dealkylation sites (tertiary alicyclic amines) is 1. The second kappa shape index (κ2) is 11.3. The molecule has 1 fully saturated rings. The number of rotatable bonds is 6. The molecule has 5 nitrogen and oxygen atoms in total. The van der Waals surface area contributed by atoms with Gasteiger partial charge in [0.2, 0.25) is 0 Å². The predicted molar refractivity (Wildman–Crippen MR) is 112 cm³/mol. The first-order valence-corrected chi connectivity index (χ1v) is 8.92. The van der Waals surface area contributed by atoms with Gasteiger partial charge in [0.1, 0.15) is 0 Å². The van der Waals surface area contributed by atoms with Crippen molar-refractivity contribution in [1.82, 2.24) is 15.5 Å². The predicted octanol–water partition coefficient (Wildman–Crippen LogP) is 3.18. The Morgan fingerprint density at radius 1 is 1.37 bits per heavy atom. The molecule has 0 bridgehead atoms. The van der Waals surface area contributed by atoms with Gasteiger partial charge in [-0.15, -0.1) is 24.0 Å². The van der Waals surface area contributed by atoms with Crippen LogP contribution in [0.3, 0.4) is 0 Å². The van der Waals surface area contributed by atoms with Gasteiger partial charge >= 0.3 is 6.18 Å². The van der Waals surface area contributed by atoms with E-state index in [1.807, 2.05) is 6.92 Å². The molecule has 0 spiro atoms. The first-order valence-electron chi connectivity index (χ1n) is 8.54. The van der Waals surface area contributed by atoms with Crippen LogP contribution < -0.4 is 10.6 Å². The number of halogens is 5. The smallest absolute Gasteiger partial charge is 0.386 e. The number of guanidine groups is 1. The lowest BCUT2D eigenvalue weighted by molar-refractivity contribution is -0.143. The number of nitrogens with zero attached hydrogens (tertiary/aromatic N) is 2. The van der Waals surface area contributed by atoms with E-state index in [2.05, 4.69) is 15.6 Å². The van der Waals surface area contributed by atoms with Gasteiger partial charge in [-0.25, -0.2) is 0 Å². The maximum Gasteiger partial charge on any atom is 0.401 e. The summed E-state index contributed by atoms with van der Waals surface area (Å²) in [7, 11) is 0. The average Bonchev–Trinajstić information content (AvgIpc) is 2.98. The van der Waals surface area contributed by atoms with Crippen LogP contribution in [0.5, 0.6) is 0 Å².